The quantitative estimate of drug-likeness (QED) is 0.785. The van der Waals surface area contributed by atoms with Crippen LogP contribution in [0.25, 0.3) is 0 Å². The van der Waals surface area contributed by atoms with Gasteiger partial charge >= 0.3 is 6.09 Å². The SMILES string of the molecule is CNC1(CNC(=O)OC(C)(C)C)CCOCC1. The van der Waals surface area contributed by atoms with Gasteiger partial charge in [-0.05, 0) is 40.7 Å². The Balaban J connectivity index is 2.39. The zero-order valence-corrected chi connectivity index (χ0v) is 11.3. The molecule has 1 rings (SSSR count). The minimum Gasteiger partial charge on any atom is -0.444 e. The van der Waals surface area contributed by atoms with Gasteiger partial charge in [-0.1, -0.05) is 0 Å². The predicted octanol–water partition coefficient (Wildman–Crippen LogP) is 1.28. The number of hydrogen-bond donors (Lipinski definition) is 2. The zero-order chi connectivity index (χ0) is 12.9. The third kappa shape index (κ3) is 4.91. The maximum absolute atomic E-state index is 11.6. The van der Waals surface area contributed by atoms with E-state index in [1.165, 1.54) is 0 Å². The lowest BCUT2D eigenvalue weighted by molar-refractivity contribution is 0.0316. The van der Waals surface area contributed by atoms with Crippen LogP contribution in [0.4, 0.5) is 4.79 Å². The van der Waals surface area contributed by atoms with Crippen molar-refractivity contribution in [1.29, 1.82) is 0 Å². The van der Waals surface area contributed by atoms with Crippen LogP contribution in [0.5, 0.6) is 0 Å². The Morgan fingerprint density at radius 1 is 1.35 bits per heavy atom. The van der Waals surface area contributed by atoms with Gasteiger partial charge in [0, 0.05) is 25.3 Å². The van der Waals surface area contributed by atoms with E-state index < -0.39 is 5.60 Å². The van der Waals surface area contributed by atoms with Gasteiger partial charge in [0.2, 0.25) is 0 Å². The lowest BCUT2D eigenvalue weighted by Crippen LogP contribution is -2.55. The molecule has 0 aliphatic carbocycles. The van der Waals surface area contributed by atoms with Crippen LogP contribution in [0, 0.1) is 0 Å². The monoisotopic (exact) mass is 244 g/mol. The molecule has 2 N–H and O–H groups in total. The van der Waals surface area contributed by atoms with Crippen LogP contribution in [0.3, 0.4) is 0 Å². The van der Waals surface area contributed by atoms with Gasteiger partial charge in [-0.3, -0.25) is 0 Å². The molecular formula is C12H24N2O3. The average molecular weight is 244 g/mol. The summed E-state index contributed by atoms with van der Waals surface area (Å²) < 4.78 is 10.5. The summed E-state index contributed by atoms with van der Waals surface area (Å²) in [6.07, 6.45) is 1.44. The second-order valence-corrected chi connectivity index (χ2v) is 5.50. The Hall–Kier alpha value is -0.810. The average Bonchev–Trinajstić information content (AvgIpc) is 2.25. The summed E-state index contributed by atoms with van der Waals surface area (Å²) in [6.45, 7) is 7.61. The molecule has 5 nitrogen and oxygen atoms in total. The summed E-state index contributed by atoms with van der Waals surface area (Å²) in [6, 6.07) is 0. The van der Waals surface area contributed by atoms with Gasteiger partial charge in [-0.15, -0.1) is 0 Å². The van der Waals surface area contributed by atoms with Crippen LogP contribution in [0.2, 0.25) is 0 Å². The van der Waals surface area contributed by atoms with Crippen molar-refractivity contribution in [3.05, 3.63) is 0 Å². The third-order valence-electron chi connectivity index (χ3n) is 2.95. The Bertz CT molecular complexity index is 255. The van der Waals surface area contributed by atoms with Crippen LogP contribution >= 0.6 is 0 Å². The number of ether oxygens (including phenoxy) is 2. The molecule has 0 atom stereocenters. The van der Waals surface area contributed by atoms with Crippen molar-refractivity contribution >= 4 is 6.09 Å². The van der Waals surface area contributed by atoms with Gasteiger partial charge in [0.25, 0.3) is 0 Å². The topological polar surface area (TPSA) is 59.6 Å². The zero-order valence-electron chi connectivity index (χ0n) is 11.3. The number of rotatable bonds is 3. The summed E-state index contributed by atoms with van der Waals surface area (Å²) >= 11 is 0. The van der Waals surface area contributed by atoms with E-state index in [1.54, 1.807) is 0 Å². The highest BCUT2D eigenvalue weighted by Crippen LogP contribution is 2.19. The third-order valence-corrected chi connectivity index (χ3v) is 2.95. The number of carbonyl (C=O) groups excluding carboxylic acids is 1. The molecular weight excluding hydrogens is 220 g/mol. The molecule has 1 fully saturated rings. The molecule has 0 aromatic carbocycles. The first-order valence-corrected chi connectivity index (χ1v) is 6.10. The van der Waals surface area contributed by atoms with Crippen LogP contribution in [0.1, 0.15) is 33.6 Å². The minimum absolute atomic E-state index is 0.0604. The molecule has 0 radical (unpaired) electrons. The van der Waals surface area contributed by atoms with E-state index in [0.29, 0.717) is 6.54 Å². The van der Waals surface area contributed by atoms with E-state index in [1.807, 2.05) is 27.8 Å². The first-order valence-electron chi connectivity index (χ1n) is 6.10. The molecule has 0 saturated carbocycles. The second kappa shape index (κ2) is 5.69. The van der Waals surface area contributed by atoms with Gasteiger partial charge in [0.1, 0.15) is 5.60 Å². The highest BCUT2D eigenvalue weighted by atomic mass is 16.6. The maximum Gasteiger partial charge on any atom is 0.407 e. The fourth-order valence-corrected chi connectivity index (χ4v) is 1.83. The molecule has 100 valence electrons. The van der Waals surface area contributed by atoms with Gasteiger partial charge in [0.15, 0.2) is 0 Å². The van der Waals surface area contributed by atoms with Crippen molar-refractivity contribution in [2.24, 2.45) is 0 Å². The van der Waals surface area contributed by atoms with Crippen molar-refractivity contribution in [1.82, 2.24) is 10.6 Å². The van der Waals surface area contributed by atoms with Crippen LogP contribution < -0.4 is 10.6 Å². The second-order valence-electron chi connectivity index (χ2n) is 5.50. The molecule has 1 saturated heterocycles. The number of carbonyl (C=O) groups is 1. The van der Waals surface area contributed by atoms with Crippen molar-refractivity contribution < 1.29 is 14.3 Å². The predicted molar refractivity (Wildman–Crippen MR) is 66.1 cm³/mol. The minimum atomic E-state index is -0.452. The molecule has 1 amide bonds. The molecule has 0 bridgehead atoms. The summed E-state index contributed by atoms with van der Waals surface area (Å²) in [4.78, 5) is 11.6. The Morgan fingerprint density at radius 2 is 1.94 bits per heavy atom. The van der Waals surface area contributed by atoms with E-state index in [0.717, 1.165) is 26.1 Å². The summed E-state index contributed by atoms with van der Waals surface area (Å²) in [5.41, 5.74) is -0.512. The van der Waals surface area contributed by atoms with E-state index in [-0.39, 0.29) is 11.6 Å². The number of hydrogen-bond acceptors (Lipinski definition) is 4. The van der Waals surface area contributed by atoms with Crippen LogP contribution in [-0.4, -0.2) is 44.0 Å². The van der Waals surface area contributed by atoms with Crippen molar-refractivity contribution in [2.75, 3.05) is 26.8 Å². The van der Waals surface area contributed by atoms with Gasteiger partial charge in [-0.25, -0.2) is 4.79 Å². The molecule has 0 spiro atoms. The van der Waals surface area contributed by atoms with Crippen molar-refractivity contribution in [2.45, 2.75) is 44.8 Å². The Labute approximate surface area is 103 Å². The van der Waals surface area contributed by atoms with Gasteiger partial charge in [0.05, 0.1) is 0 Å². The molecule has 17 heavy (non-hydrogen) atoms. The first kappa shape index (κ1) is 14.3. The molecule has 0 unspecified atom stereocenters. The molecule has 1 aliphatic heterocycles. The summed E-state index contributed by atoms with van der Waals surface area (Å²) in [5.74, 6) is 0. The molecule has 0 aromatic rings. The number of nitrogens with one attached hydrogen (secondary N) is 2. The number of alkyl carbamates (subject to hydrolysis) is 1. The first-order chi connectivity index (χ1) is 7.87. The fraction of sp³-hybridized carbons (Fsp3) is 0.917. The fourth-order valence-electron chi connectivity index (χ4n) is 1.83. The van der Waals surface area contributed by atoms with Crippen LogP contribution in [-0.2, 0) is 9.47 Å². The molecule has 5 heteroatoms. The number of amides is 1. The highest BCUT2D eigenvalue weighted by Gasteiger charge is 2.31. The normalized spacial score (nSPS) is 19.8. The Kier molecular flexibility index (Phi) is 4.77. The van der Waals surface area contributed by atoms with E-state index in [2.05, 4.69) is 10.6 Å². The molecule has 1 heterocycles. The lowest BCUT2D eigenvalue weighted by Gasteiger charge is -2.37. The van der Waals surface area contributed by atoms with Crippen molar-refractivity contribution in [3.63, 3.8) is 0 Å². The maximum atomic E-state index is 11.6. The standard InChI is InChI=1S/C12H24N2O3/c1-11(2,3)17-10(15)14-9-12(13-4)5-7-16-8-6-12/h13H,5-9H2,1-4H3,(H,14,15). The van der Waals surface area contributed by atoms with Gasteiger partial charge < -0.3 is 20.1 Å². The smallest absolute Gasteiger partial charge is 0.407 e. The van der Waals surface area contributed by atoms with E-state index >= 15 is 0 Å². The Morgan fingerprint density at radius 3 is 2.41 bits per heavy atom. The summed E-state index contributed by atoms with van der Waals surface area (Å²) in [5, 5.41) is 6.11. The number of likely N-dealkylation sites (N-methyl/N-ethyl adjacent to an activating group) is 1. The molecule has 0 aromatic heterocycles. The van der Waals surface area contributed by atoms with Crippen LogP contribution in [0.15, 0.2) is 0 Å². The van der Waals surface area contributed by atoms with Gasteiger partial charge in [-0.2, -0.15) is 0 Å². The van der Waals surface area contributed by atoms with E-state index in [4.69, 9.17) is 9.47 Å². The molecule has 1 aliphatic rings. The summed E-state index contributed by atoms with van der Waals surface area (Å²) in [7, 11) is 1.92. The van der Waals surface area contributed by atoms with E-state index in [9.17, 15) is 4.79 Å². The highest BCUT2D eigenvalue weighted by molar-refractivity contribution is 5.67. The largest absolute Gasteiger partial charge is 0.444 e. The lowest BCUT2D eigenvalue weighted by atomic mass is 9.90. The van der Waals surface area contributed by atoms with Crippen molar-refractivity contribution in [3.8, 4) is 0 Å².